The molecule has 0 atom stereocenters. The number of nitrogens with zero attached hydrogens (tertiary/aromatic N) is 3. The Bertz CT molecular complexity index is 668. The Morgan fingerprint density at radius 3 is 3.00 bits per heavy atom. The summed E-state index contributed by atoms with van der Waals surface area (Å²) in [6.07, 6.45) is 0.802. The molecule has 1 N–H and O–H groups in total. The zero-order valence-electron chi connectivity index (χ0n) is 11.2. The maximum atomic E-state index is 5.15. The average Bonchev–Trinajstić information content (AvgIpc) is 3.14. The molecule has 0 saturated heterocycles. The number of aromatic amines is 1. The van der Waals surface area contributed by atoms with Crippen LogP contribution in [0.3, 0.4) is 0 Å². The van der Waals surface area contributed by atoms with Gasteiger partial charge in [-0.05, 0) is 25.3 Å². The molecule has 0 fully saturated rings. The Morgan fingerprint density at radius 2 is 2.30 bits per heavy atom. The van der Waals surface area contributed by atoms with E-state index in [1.54, 1.807) is 23.1 Å². The van der Waals surface area contributed by atoms with Crippen molar-refractivity contribution < 1.29 is 4.52 Å². The topological polar surface area (TPSA) is 67.6 Å². The van der Waals surface area contributed by atoms with Gasteiger partial charge in [0.15, 0.2) is 0 Å². The maximum Gasteiger partial charge on any atom is 0.208 e. The van der Waals surface area contributed by atoms with Crippen LogP contribution in [-0.4, -0.2) is 20.3 Å². The van der Waals surface area contributed by atoms with Gasteiger partial charge in [0, 0.05) is 22.6 Å². The third-order valence-electron chi connectivity index (χ3n) is 2.96. The first-order valence-corrected chi connectivity index (χ1v) is 8.07. The van der Waals surface area contributed by atoms with Crippen molar-refractivity contribution in [2.24, 2.45) is 0 Å². The number of hydrogen-bond acceptors (Lipinski definition) is 6. The van der Waals surface area contributed by atoms with Crippen LogP contribution in [0.15, 0.2) is 27.2 Å². The van der Waals surface area contributed by atoms with Gasteiger partial charge in [0.25, 0.3) is 0 Å². The monoisotopic (exact) mass is 306 g/mol. The number of hydrogen-bond donors (Lipinski definition) is 1. The minimum absolute atomic E-state index is 0.761. The van der Waals surface area contributed by atoms with E-state index in [-0.39, 0.29) is 0 Å². The van der Waals surface area contributed by atoms with E-state index >= 15 is 0 Å². The lowest BCUT2D eigenvalue weighted by Gasteiger charge is -1.96. The number of thiophene rings is 1. The van der Waals surface area contributed by atoms with Gasteiger partial charge in [-0.3, -0.25) is 5.10 Å². The van der Waals surface area contributed by atoms with Gasteiger partial charge < -0.3 is 4.52 Å². The fourth-order valence-corrected chi connectivity index (χ4v) is 3.52. The Morgan fingerprint density at radius 1 is 1.40 bits per heavy atom. The maximum absolute atomic E-state index is 5.15. The normalized spacial score (nSPS) is 11.1. The van der Waals surface area contributed by atoms with Gasteiger partial charge in [0.1, 0.15) is 11.6 Å². The van der Waals surface area contributed by atoms with Crippen molar-refractivity contribution in [1.82, 2.24) is 20.3 Å². The molecule has 0 radical (unpaired) electrons. The standard InChI is InChI=1S/C13H14N4OS2/c1-8-11(9(2)18-17-8)7-20-13-14-12(15-16-13)6-10-4-3-5-19-10/h3-5H,6-7H2,1-2H3,(H,14,15,16). The fraction of sp³-hybridized carbons (Fsp3) is 0.308. The Labute approximate surface area is 124 Å². The summed E-state index contributed by atoms with van der Waals surface area (Å²) in [6, 6.07) is 4.15. The zero-order valence-corrected chi connectivity index (χ0v) is 12.8. The molecule has 0 aliphatic heterocycles. The van der Waals surface area contributed by atoms with Crippen LogP contribution in [0.25, 0.3) is 0 Å². The van der Waals surface area contributed by atoms with Crippen LogP contribution in [0.5, 0.6) is 0 Å². The number of aromatic nitrogens is 4. The van der Waals surface area contributed by atoms with E-state index in [1.165, 1.54) is 4.88 Å². The summed E-state index contributed by atoms with van der Waals surface area (Å²) in [6.45, 7) is 3.88. The van der Waals surface area contributed by atoms with Crippen LogP contribution in [-0.2, 0) is 12.2 Å². The van der Waals surface area contributed by atoms with Gasteiger partial charge >= 0.3 is 0 Å². The second-order valence-corrected chi connectivity index (χ2v) is 6.39. The second kappa shape index (κ2) is 5.80. The summed E-state index contributed by atoms with van der Waals surface area (Å²) in [5, 5.41) is 14.0. The van der Waals surface area contributed by atoms with Gasteiger partial charge in [0.2, 0.25) is 5.16 Å². The van der Waals surface area contributed by atoms with Gasteiger partial charge in [-0.15, -0.1) is 16.4 Å². The van der Waals surface area contributed by atoms with E-state index < -0.39 is 0 Å². The van der Waals surface area contributed by atoms with Crippen molar-refractivity contribution >= 4 is 23.1 Å². The summed E-state index contributed by atoms with van der Waals surface area (Å²) >= 11 is 3.32. The van der Waals surface area contributed by atoms with Crippen LogP contribution >= 0.6 is 23.1 Å². The minimum atomic E-state index is 0.761. The van der Waals surface area contributed by atoms with Crippen LogP contribution in [0.1, 0.15) is 27.7 Å². The van der Waals surface area contributed by atoms with Crippen LogP contribution in [0.2, 0.25) is 0 Å². The highest BCUT2D eigenvalue weighted by Gasteiger charge is 2.11. The fourth-order valence-electron chi connectivity index (χ4n) is 1.84. The summed E-state index contributed by atoms with van der Waals surface area (Å²) in [5.41, 5.74) is 2.06. The van der Waals surface area contributed by atoms with Crippen molar-refractivity contribution in [2.45, 2.75) is 31.2 Å². The molecular formula is C13H14N4OS2. The zero-order chi connectivity index (χ0) is 13.9. The quantitative estimate of drug-likeness (QED) is 0.732. The first-order valence-electron chi connectivity index (χ1n) is 6.20. The number of aryl methyl sites for hydroxylation is 2. The van der Waals surface area contributed by atoms with Crippen molar-refractivity contribution in [3.05, 3.63) is 45.2 Å². The molecule has 3 rings (SSSR count). The molecule has 3 heterocycles. The highest BCUT2D eigenvalue weighted by atomic mass is 32.2. The van der Waals surface area contributed by atoms with Crippen molar-refractivity contribution in [2.75, 3.05) is 0 Å². The Kier molecular flexibility index (Phi) is 3.88. The van der Waals surface area contributed by atoms with Crippen molar-refractivity contribution in [3.8, 4) is 0 Å². The van der Waals surface area contributed by atoms with Gasteiger partial charge in [-0.2, -0.15) is 0 Å². The number of rotatable bonds is 5. The molecule has 0 saturated carbocycles. The lowest BCUT2D eigenvalue weighted by molar-refractivity contribution is 0.392. The van der Waals surface area contributed by atoms with Crippen LogP contribution < -0.4 is 0 Å². The Hall–Kier alpha value is -1.60. The van der Waals surface area contributed by atoms with Crippen molar-refractivity contribution in [3.63, 3.8) is 0 Å². The van der Waals surface area contributed by atoms with Gasteiger partial charge in [0.05, 0.1) is 5.69 Å². The summed E-state index contributed by atoms with van der Waals surface area (Å²) in [5.74, 6) is 2.54. The predicted molar refractivity (Wildman–Crippen MR) is 79.0 cm³/mol. The Balaban J connectivity index is 1.63. The molecular weight excluding hydrogens is 292 g/mol. The smallest absolute Gasteiger partial charge is 0.208 e. The first kappa shape index (κ1) is 13.4. The molecule has 3 aromatic heterocycles. The molecule has 5 nitrogen and oxygen atoms in total. The molecule has 0 amide bonds. The average molecular weight is 306 g/mol. The summed E-state index contributed by atoms with van der Waals surface area (Å²) < 4.78 is 5.15. The van der Waals surface area contributed by atoms with Crippen LogP contribution in [0.4, 0.5) is 0 Å². The lowest BCUT2D eigenvalue weighted by Crippen LogP contribution is -1.88. The lowest BCUT2D eigenvalue weighted by atomic mass is 10.2. The largest absolute Gasteiger partial charge is 0.361 e. The van der Waals surface area contributed by atoms with E-state index in [2.05, 4.69) is 31.8 Å². The third-order valence-corrected chi connectivity index (χ3v) is 4.71. The molecule has 0 unspecified atom stereocenters. The highest BCUT2D eigenvalue weighted by molar-refractivity contribution is 7.98. The minimum Gasteiger partial charge on any atom is -0.361 e. The third kappa shape index (κ3) is 2.94. The van der Waals surface area contributed by atoms with E-state index in [9.17, 15) is 0 Å². The van der Waals surface area contributed by atoms with E-state index in [4.69, 9.17) is 4.52 Å². The van der Waals surface area contributed by atoms with Crippen LogP contribution in [0, 0.1) is 13.8 Å². The molecule has 104 valence electrons. The SMILES string of the molecule is Cc1noc(C)c1CSc1n[nH]c(Cc2cccs2)n1. The number of nitrogens with one attached hydrogen (secondary N) is 1. The molecule has 20 heavy (non-hydrogen) atoms. The molecule has 0 spiro atoms. The van der Waals surface area contributed by atoms with E-state index in [0.717, 1.165) is 40.2 Å². The number of thioether (sulfide) groups is 1. The van der Waals surface area contributed by atoms with Gasteiger partial charge in [-0.25, -0.2) is 4.98 Å². The predicted octanol–water partition coefficient (Wildman–Crippen LogP) is 3.35. The van der Waals surface area contributed by atoms with Gasteiger partial charge in [-0.1, -0.05) is 23.0 Å². The molecule has 0 aliphatic rings. The summed E-state index contributed by atoms with van der Waals surface area (Å²) in [4.78, 5) is 5.78. The van der Waals surface area contributed by atoms with E-state index in [0.29, 0.717) is 0 Å². The molecule has 0 bridgehead atoms. The first-order chi connectivity index (χ1) is 9.72. The number of H-pyrrole nitrogens is 1. The molecule has 0 aromatic carbocycles. The molecule has 0 aliphatic carbocycles. The second-order valence-electron chi connectivity index (χ2n) is 4.41. The van der Waals surface area contributed by atoms with Crippen molar-refractivity contribution in [1.29, 1.82) is 0 Å². The summed E-state index contributed by atoms with van der Waals surface area (Å²) in [7, 11) is 0. The highest BCUT2D eigenvalue weighted by Crippen LogP contribution is 2.24. The van der Waals surface area contributed by atoms with E-state index in [1.807, 2.05) is 19.9 Å². The molecule has 3 aromatic rings. The molecule has 7 heteroatoms.